The van der Waals surface area contributed by atoms with E-state index in [0.29, 0.717) is 5.75 Å². The van der Waals surface area contributed by atoms with Crippen molar-refractivity contribution in [2.24, 2.45) is 0 Å². The van der Waals surface area contributed by atoms with Crippen LogP contribution in [0, 0.1) is 0 Å². The van der Waals surface area contributed by atoms with E-state index in [1.807, 2.05) is 0 Å². The molecule has 2 aromatic carbocycles. The molecule has 2 rings (SSSR count). The molecule has 2 aromatic rings. The van der Waals surface area contributed by atoms with E-state index >= 15 is 0 Å². The van der Waals surface area contributed by atoms with Crippen molar-refractivity contribution in [2.75, 3.05) is 14.2 Å². The summed E-state index contributed by atoms with van der Waals surface area (Å²) in [5.74, 6) is -1.15. The van der Waals surface area contributed by atoms with Crippen LogP contribution in [0.4, 0.5) is 0 Å². The molecule has 0 heterocycles. The van der Waals surface area contributed by atoms with Crippen molar-refractivity contribution in [3.8, 4) is 23.0 Å². The molecule has 122 valence electrons. The van der Waals surface area contributed by atoms with Crippen LogP contribution in [-0.4, -0.2) is 39.0 Å². The lowest BCUT2D eigenvalue weighted by Crippen LogP contribution is -2.05. The Morgan fingerprint density at radius 1 is 1.00 bits per heavy atom. The first-order valence-corrected chi connectivity index (χ1v) is 7.43. The van der Waals surface area contributed by atoms with Crippen molar-refractivity contribution >= 4 is 16.9 Å². The zero-order valence-electron chi connectivity index (χ0n) is 12.3. The Hall–Kier alpha value is -2.58. The number of carbonyl (C=O) groups excluding carboxylic acids is 1. The average molecular weight is 338 g/mol. The zero-order chi connectivity index (χ0) is 17.1. The molecule has 7 nitrogen and oxygen atoms in total. The van der Waals surface area contributed by atoms with Gasteiger partial charge >= 0.3 is 0 Å². The van der Waals surface area contributed by atoms with Crippen LogP contribution in [0.2, 0.25) is 0 Å². The molecule has 0 aliphatic rings. The SMILES string of the molecule is COc1ccc(C(=O)c2cc(S(=O)O)c(OC)cc2O)c(O)c1. The maximum Gasteiger partial charge on any atom is 0.200 e. The van der Waals surface area contributed by atoms with E-state index in [2.05, 4.69) is 0 Å². The Labute approximate surface area is 134 Å². The largest absolute Gasteiger partial charge is 0.507 e. The first-order chi connectivity index (χ1) is 10.9. The van der Waals surface area contributed by atoms with Gasteiger partial charge in [0.05, 0.1) is 25.3 Å². The third-order valence-electron chi connectivity index (χ3n) is 3.16. The quantitative estimate of drug-likeness (QED) is 0.564. The molecule has 0 aromatic heterocycles. The highest BCUT2D eigenvalue weighted by atomic mass is 32.2. The maximum absolute atomic E-state index is 12.5. The number of aromatic hydroxyl groups is 2. The lowest BCUT2D eigenvalue weighted by atomic mass is 10.0. The van der Waals surface area contributed by atoms with Gasteiger partial charge in [0.15, 0.2) is 11.1 Å². The number of carbonyl (C=O) groups is 1. The van der Waals surface area contributed by atoms with Gasteiger partial charge in [-0.2, -0.15) is 0 Å². The second-order valence-corrected chi connectivity index (χ2v) is 5.42. The third-order valence-corrected chi connectivity index (χ3v) is 3.86. The zero-order valence-corrected chi connectivity index (χ0v) is 13.1. The van der Waals surface area contributed by atoms with Crippen LogP contribution in [0.25, 0.3) is 0 Å². The Balaban J connectivity index is 2.55. The smallest absolute Gasteiger partial charge is 0.200 e. The van der Waals surface area contributed by atoms with Gasteiger partial charge in [-0.15, -0.1) is 0 Å². The molecule has 0 saturated heterocycles. The highest BCUT2D eigenvalue weighted by molar-refractivity contribution is 7.79. The van der Waals surface area contributed by atoms with Crippen LogP contribution in [0.5, 0.6) is 23.0 Å². The van der Waals surface area contributed by atoms with E-state index in [0.717, 1.165) is 12.1 Å². The molecular formula is C15H14O7S. The molecular weight excluding hydrogens is 324 g/mol. The molecule has 0 amide bonds. The Morgan fingerprint density at radius 2 is 1.65 bits per heavy atom. The fourth-order valence-corrected chi connectivity index (χ4v) is 2.54. The van der Waals surface area contributed by atoms with Gasteiger partial charge in [-0.3, -0.25) is 4.79 Å². The summed E-state index contributed by atoms with van der Waals surface area (Å²) >= 11 is -2.41. The van der Waals surface area contributed by atoms with E-state index in [9.17, 15) is 23.8 Å². The molecule has 0 aliphatic heterocycles. The third kappa shape index (κ3) is 3.27. The maximum atomic E-state index is 12.5. The summed E-state index contributed by atoms with van der Waals surface area (Å²) in [6, 6.07) is 6.17. The highest BCUT2D eigenvalue weighted by Gasteiger charge is 2.22. The van der Waals surface area contributed by atoms with Gasteiger partial charge in [-0.05, 0) is 18.2 Å². The molecule has 0 radical (unpaired) electrons. The molecule has 23 heavy (non-hydrogen) atoms. The Morgan fingerprint density at radius 3 is 2.17 bits per heavy atom. The standard InChI is InChI=1S/C15H14O7S/c1-21-8-3-4-9(11(16)5-8)15(18)10-6-14(23(19)20)13(22-2)7-12(10)17/h3-7,16-17H,1-2H3,(H,19,20). The number of ether oxygens (including phenoxy) is 2. The molecule has 1 atom stereocenters. The van der Waals surface area contributed by atoms with Crippen LogP contribution in [0.15, 0.2) is 35.2 Å². The minimum absolute atomic E-state index is 0.0289. The van der Waals surface area contributed by atoms with Crippen molar-refractivity contribution in [2.45, 2.75) is 4.90 Å². The summed E-state index contributed by atoms with van der Waals surface area (Å²) in [4.78, 5) is 12.3. The molecule has 0 fully saturated rings. The number of phenols is 2. The van der Waals surface area contributed by atoms with E-state index in [1.54, 1.807) is 0 Å². The number of ketones is 1. The predicted octanol–water partition coefficient (Wildman–Crippen LogP) is 1.93. The first-order valence-electron chi connectivity index (χ1n) is 6.32. The van der Waals surface area contributed by atoms with Crippen LogP contribution in [-0.2, 0) is 11.1 Å². The molecule has 3 N–H and O–H groups in total. The number of phenolic OH excluding ortho intramolecular Hbond substituents is 2. The van der Waals surface area contributed by atoms with Gasteiger partial charge in [0.25, 0.3) is 0 Å². The van der Waals surface area contributed by atoms with Gasteiger partial charge < -0.3 is 24.2 Å². The lowest BCUT2D eigenvalue weighted by Gasteiger charge is -2.11. The molecule has 0 saturated carbocycles. The topological polar surface area (TPSA) is 113 Å². The summed E-state index contributed by atoms with van der Waals surface area (Å²) in [5, 5.41) is 19.9. The number of methoxy groups -OCH3 is 2. The number of hydrogen-bond acceptors (Lipinski definition) is 6. The van der Waals surface area contributed by atoms with Crippen molar-refractivity contribution < 1.29 is 33.2 Å². The van der Waals surface area contributed by atoms with E-state index in [1.165, 1.54) is 32.4 Å². The van der Waals surface area contributed by atoms with Gasteiger partial charge in [-0.1, -0.05) is 0 Å². The summed E-state index contributed by atoms with van der Waals surface area (Å²) in [7, 11) is 2.68. The summed E-state index contributed by atoms with van der Waals surface area (Å²) in [5.41, 5.74) is -0.315. The van der Waals surface area contributed by atoms with Gasteiger partial charge in [0.1, 0.15) is 27.9 Å². The Bertz CT molecular complexity index is 786. The van der Waals surface area contributed by atoms with Gasteiger partial charge in [0, 0.05) is 12.1 Å². The van der Waals surface area contributed by atoms with Crippen LogP contribution in [0.1, 0.15) is 15.9 Å². The van der Waals surface area contributed by atoms with Crippen molar-refractivity contribution in [1.29, 1.82) is 0 Å². The fourth-order valence-electron chi connectivity index (χ4n) is 2.00. The van der Waals surface area contributed by atoms with Crippen LogP contribution < -0.4 is 9.47 Å². The number of hydrogen-bond donors (Lipinski definition) is 3. The first kappa shape index (κ1) is 16.8. The van der Waals surface area contributed by atoms with Gasteiger partial charge in [0.2, 0.25) is 5.78 Å². The van der Waals surface area contributed by atoms with Crippen LogP contribution in [0.3, 0.4) is 0 Å². The number of rotatable bonds is 5. The minimum Gasteiger partial charge on any atom is -0.507 e. The molecule has 0 bridgehead atoms. The van der Waals surface area contributed by atoms with E-state index < -0.39 is 22.6 Å². The van der Waals surface area contributed by atoms with Crippen molar-refractivity contribution in [1.82, 2.24) is 0 Å². The summed E-state index contributed by atoms with van der Waals surface area (Å²) < 4.78 is 30.4. The Kier molecular flexibility index (Phi) is 4.87. The highest BCUT2D eigenvalue weighted by Crippen LogP contribution is 2.33. The second kappa shape index (κ2) is 6.67. The molecule has 8 heteroatoms. The normalized spacial score (nSPS) is 11.8. The summed E-state index contributed by atoms with van der Waals surface area (Å²) in [6.45, 7) is 0. The van der Waals surface area contributed by atoms with E-state index in [-0.39, 0.29) is 27.5 Å². The molecule has 0 spiro atoms. The molecule has 1 unspecified atom stereocenters. The summed E-state index contributed by atoms with van der Waals surface area (Å²) in [6.07, 6.45) is 0. The fraction of sp³-hybridized carbons (Fsp3) is 0.133. The molecule has 0 aliphatic carbocycles. The minimum atomic E-state index is -2.41. The predicted molar refractivity (Wildman–Crippen MR) is 81.8 cm³/mol. The number of benzene rings is 2. The van der Waals surface area contributed by atoms with Gasteiger partial charge in [-0.25, -0.2) is 4.21 Å². The van der Waals surface area contributed by atoms with Crippen molar-refractivity contribution in [3.05, 3.63) is 41.5 Å². The van der Waals surface area contributed by atoms with Crippen LogP contribution >= 0.6 is 0 Å². The monoisotopic (exact) mass is 338 g/mol. The lowest BCUT2D eigenvalue weighted by molar-refractivity contribution is 0.103. The average Bonchev–Trinajstić information content (AvgIpc) is 2.53. The van der Waals surface area contributed by atoms with E-state index in [4.69, 9.17) is 9.47 Å². The second-order valence-electron chi connectivity index (χ2n) is 4.48. The van der Waals surface area contributed by atoms with Crippen molar-refractivity contribution in [3.63, 3.8) is 0 Å².